The number of hydrogen-bond acceptors (Lipinski definition) is 3. The van der Waals surface area contributed by atoms with Gasteiger partial charge in [-0.25, -0.2) is 3.63 Å². The fourth-order valence-electron chi connectivity index (χ4n) is 4.68. The van der Waals surface area contributed by atoms with E-state index in [0.717, 1.165) is 77.0 Å². The first-order chi connectivity index (χ1) is 18.7. The molecule has 0 N–H and O–H groups in total. The van der Waals surface area contributed by atoms with Gasteiger partial charge in [0.15, 0.2) is 0 Å². The van der Waals surface area contributed by atoms with Crippen LogP contribution in [-0.4, -0.2) is 25.7 Å². The molecule has 0 heterocycles. The van der Waals surface area contributed by atoms with Crippen molar-refractivity contribution in [3.8, 4) is 0 Å². The molecule has 1 rings (SSSR count). The van der Waals surface area contributed by atoms with Gasteiger partial charge < -0.3 is 0 Å². The Balaban J connectivity index is 3.47. The number of alkyl halides is 6. The Kier molecular flexibility index (Phi) is 16.6. The summed E-state index contributed by atoms with van der Waals surface area (Å²) in [5, 5.41) is 0. The number of benzene rings is 1. The molecule has 0 amide bonds. The van der Waals surface area contributed by atoms with E-state index in [2.05, 4.69) is 20.8 Å². The van der Waals surface area contributed by atoms with E-state index in [-0.39, 0.29) is 18.2 Å². The summed E-state index contributed by atoms with van der Waals surface area (Å²) in [4.78, 5) is -1.45. The van der Waals surface area contributed by atoms with Gasteiger partial charge in [0.25, 0.3) is 0 Å². The summed E-state index contributed by atoms with van der Waals surface area (Å²) >= 11 is 0. The Bertz CT molecular complexity index is 910. The maximum Gasteiger partial charge on any atom is 0.417 e. The highest BCUT2D eigenvalue weighted by atomic mass is 32.3. The zero-order valence-electron chi connectivity index (χ0n) is 24.3. The van der Waals surface area contributed by atoms with Crippen molar-refractivity contribution in [2.75, 3.05) is 17.3 Å². The Morgan fingerprint density at radius 3 is 1.35 bits per heavy atom. The predicted molar refractivity (Wildman–Crippen MR) is 153 cm³/mol. The first kappa shape index (κ1) is 37.1. The Morgan fingerprint density at radius 1 is 0.600 bits per heavy atom. The van der Waals surface area contributed by atoms with Crippen LogP contribution in [0, 0.1) is 0 Å². The Morgan fingerprint density at radius 2 is 1.00 bits per heavy atom. The quantitative estimate of drug-likeness (QED) is 0.101. The van der Waals surface area contributed by atoms with Crippen molar-refractivity contribution in [2.45, 2.75) is 134 Å². The highest BCUT2D eigenvalue weighted by Gasteiger charge is 2.42. The molecule has 236 valence electrons. The first-order valence-electron chi connectivity index (χ1n) is 14.7. The molecule has 0 aliphatic heterocycles. The predicted octanol–water partition coefficient (Wildman–Crippen LogP) is 11.1. The zero-order chi connectivity index (χ0) is 30.3. The lowest BCUT2D eigenvalue weighted by atomic mass is 10.1. The molecule has 0 radical (unpaired) electrons. The van der Waals surface area contributed by atoms with Gasteiger partial charge in [-0.15, -0.1) is 10.3 Å². The van der Waals surface area contributed by atoms with E-state index in [0.29, 0.717) is 36.5 Å². The molecule has 0 saturated heterocycles. The molecule has 0 atom stereocenters. The van der Waals surface area contributed by atoms with E-state index in [1.54, 1.807) is 0 Å². The van der Waals surface area contributed by atoms with Gasteiger partial charge in [0, 0.05) is 17.3 Å². The minimum Gasteiger partial charge on any atom is -0.216 e. The summed E-state index contributed by atoms with van der Waals surface area (Å²) in [6.07, 6.45) is 3.37. The van der Waals surface area contributed by atoms with Gasteiger partial charge >= 0.3 is 22.5 Å². The van der Waals surface area contributed by atoms with Gasteiger partial charge in [0.2, 0.25) is 0 Å². The van der Waals surface area contributed by atoms with E-state index in [1.807, 2.05) is 0 Å². The van der Waals surface area contributed by atoms with Crippen molar-refractivity contribution < 1.29 is 38.4 Å². The van der Waals surface area contributed by atoms with E-state index >= 15 is 0 Å². The standard InChI is InChI=1S/C29H48F6O3S2/c1-4-7-10-13-16-21-39(22-17-14-11-8-5-2,23-18-15-12-9-6-3)38-40(36,37)27-24-25(28(30,31)32)19-20-26(27)29(33,34)35/h19-20,24H,4-18,21-23H2,1-3H3. The van der Waals surface area contributed by atoms with Crippen LogP contribution in [0.2, 0.25) is 0 Å². The smallest absolute Gasteiger partial charge is 0.216 e. The maximum atomic E-state index is 13.8. The van der Waals surface area contributed by atoms with Crippen molar-refractivity contribution in [2.24, 2.45) is 0 Å². The second-order valence-electron chi connectivity index (χ2n) is 10.5. The van der Waals surface area contributed by atoms with Crippen molar-refractivity contribution in [3.63, 3.8) is 0 Å². The van der Waals surface area contributed by atoms with Crippen LogP contribution in [0.25, 0.3) is 0 Å². The minimum absolute atomic E-state index is 0.0755. The molecule has 0 spiro atoms. The zero-order valence-corrected chi connectivity index (χ0v) is 25.9. The highest BCUT2D eigenvalue weighted by molar-refractivity contribution is 8.33. The Labute approximate surface area is 239 Å². The van der Waals surface area contributed by atoms with E-state index in [9.17, 15) is 34.8 Å². The molecular weight excluding hydrogens is 574 g/mol. The third kappa shape index (κ3) is 13.4. The first-order valence-corrected chi connectivity index (χ1v) is 18.2. The van der Waals surface area contributed by atoms with Crippen molar-refractivity contribution in [3.05, 3.63) is 29.3 Å². The lowest BCUT2D eigenvalue weighted by Gasteiger charge is -2.39. The van der Waals surface area contributed by atoms with Gasteiger partial charge in [-0.2, -0.15) is 34.8 Å². The van der Waals surface area contributed by atoms with Crippen LogP contribution in [0.1, 0.15) is 128 Å². The third-order valence-electron chi connectivity index (χ3n) is 6.98. The molecule has 1 aromatic carbocycles. The van der Waals surface area contributed by atoms with E-state index in [1.165, 1.54) is 0 Å². The van der Waals surface area contributed by atoms with Crippen LogP contribution < -0.4 is 0 Å². The largest absolute Gasteiger partial charge is 0.417 e. The molecule has 0 aromatic heterocycles. The molecule has 0 aliphatic carbocycles. The fraction of sp³-hybridized carbons (Fsp3) is 0.793. The van der Waals surface area contributed by atoms with Crippen LogP contribution in [0.15, 0.2) is 23.1 Å². The normalized spacial score (nSPS) is 13.6. The fourth-order valence-corrected chi connectivity index (χ4v) is 10.8. The minimum atomic E-state index is -5.16. The molecule has 0 saturated carbocycles. The van der Waals surface area contributed by atoms with Gasteiger partial charge in [0.05, 0.1) is 11.1 Å². The summed E-state index contributed by atoms with van der Waals surface area (Å²) in [5.41, 5.74) is -3.09. The van der Waals surface area contributed by atoms with Gasteiger partial charge in [-0.05, 0) is 37.5 Å². The van der Waals surface area contributed by atoms with Gasteiger partial charge in [-0.3, -0.25) is 0 Å². The lowest BCUT2D eigenvalue weighted by Crippen LogP contribution is -2.24. The monoisotopic (exact) mass is 622 g/mol. The number of rotatable bonds is 21. The average Bonchev–Trinajstić information content (AvgIpc) is 2.86. The van der Waals surface area contributed by atoms with Crippen molar-refractivity contribution in [1.29, 1.82) is 0 Å². The summed E-state index contributed by atoms with van der Waals surface area (Å²) in [6.45, 7) is 6.22. The van der Waals surface area contributed by atoms with Gasteiger partial charge in [-0.1, -0.05) is 97.8 Å². The summed E-state index contributed by atoms with van der Waals surface area (Å²) in [5.74, 6) is 1.24. The topological polar surface area (TPSA) is 43.4 Å². The second kappa shape index (κ2) is 17.9. The SMILES string of the molecule is CCCCCCCS(CCCCCCC)(CCCCCCC)OS(=O)(=O)c1cc(C(F)(F)F)ccc1C(F)(F)F. The van der Waals surface area contributed by atoms with Gasteiger partial charge in [0.1, 0.15) is 4.90 Å². The van der Waals surface area contributed by atoms with Crippen molar-refractivity contribution in [1.82, 2.24) is 0 Å². The second-order valence-corrected chi connectivity index (χ2v) is 15.6. The van der Waals surface area contributed by atoms with Crippen LogP contribution in [0.5, 0.6) is 0 Å². The molecule has 11 heteroatoms. The highest BCUT2D eigenvalue weighted by Crippen LogP contribution is 2.55. The Hall–Kier alpha value is -0.940. The molecule has 0 fully saturated rings. The van der Waals surface area contributed by atoms with Crippen LogP contribution >= 0.6 is 10.3 Å². The third-order valence-corrected chi connectivity index (χ3v) is 12.8. The molecule has 40 heavy (non-hydrogen) atoms. The van der Waals surface area contributed by atoms with Crippen LogP contribution in [0.4, 0.5) is 26.3 Å². The molecule has 1 aromatic rings. The van der Waals surface area contributed by atoms with Crippen LogP contribution in [-0.2, 0) is 26.1 Å². The molecule has 3 nitrogen and oxygen atoms in total. The number of hydrogen-bond donors (Lipinski definition) is 0. The average molecular weight is 623 g/mol. The summed E-state index contributed by atoms with van der Waals surface area (Å²) in [7, 11) is -7.55. The van der Waals surface area contributed by atoms with Crippen LogP contribution in [0.3, 0.4) is 0 Å². The maximum absolute atomic E-state index is 13.8. The molecule has 0 bridgehead atoms. The van der Waals surface area contributed by atoms with Crippen molar-refractivity contribution >= 4 is 20.4 Å². The lowest BCUT2D eigenvalue weighted by molar-refractivity contribution is -0.143. The van der Waals surface area contributed by atoms with E-state index in [4.69, 9.17) is 3.63 Å². The summed E-state index contributed by atoms with van der Waals surface area (Å²) < 4.78 is 115. The molecular formula is C29H48F6O3S2. The van der Waals surface area contributed by atoms with E-state index < -0.39 is 48.8 Å². The molecule has 0 unspecified atom stereocenters. The number of halogens is 6. The number of unbranched alkanes of at least 4 members (excludes halogenated alkanes) is 12. The molecule has 0 aliphatic rings. The summed E-state index contributed by atoms with van der Waals surface area (Å²) in [6, 6.07) is 0.527.